The number of carbonyl (C=O) groups excluding carboxylic acids is 1. The lowest BCUT2D eigenvalue weighted by atomic mass is 10.0. The highest BCUT2D eigenvalue weighted by Gasteiger charge is 2.31. The van der Waals surface area contributed by atoms with Gasteiger partial charge >= 0.3 is 0 Å². The van der Waals surface area contributed by atoms with E-state index in [0.29, 0.717) is 38.0 Å². The van der Waals surface area contributed by atoms with E-state index in [9.17, 15) is 4.79 Å². The maximum absolute atomic E-state index is 12.4. The van der Waals surface area contributed by atoms with Gasteiger partial charge in [-0.2, -0.15) is 0 Å². The van der Waals surface area contributed by atoms with Gasteiger partial charge in [0.25, 0.3) is 0 Å². The van der Waals surface area contributed by atoms with Crippen molar-refractivity contribution in [1.82, 2.24) is 19.9 Å². The fourth-order valence-electron chi connectivity index (χ4n) is 3.32. The Bertz CT molecular complexity index is 764. The highest BCUT2D eigenvalue weighted by atomic mass is 16.5. The summed E-state index contributed by atoms with van der Waals surface area (Å²) in [4.78, 5) is 14.3. The summed E-state index contributed by atoms with van der Waals surface area (Å²) in [7, 11) is 0. The summed E-state index contributed by atoms with van der Waals surface area (Å²) in [6.07, 6.45) is 4.79. The van der Waals surface area contributed by atoms with Crippen LogP contribution in [0.2, 0.25) is 0 Å². The van der Waals surface area contributed by atoms with Gasteiger partial charge in [0.05, 0.1) is 25.0 Å². The number of morpholine rings is 1. The molecule has 0 N–H and O–H groups in total. The Morgan fingerprint density at radius 1 is 1.27 bits per heavy atom. The summed E-state index contributed by atoms with van der Waals surface area (Å²) in [5.41, 5.74) is 3.06. The van der Waals surface area contributed by atoms with E-state index >= 15 is 0 Å². The number of benzene rings is 1. The van der Waals surface area contributed by atoms with Gasteiger partial charge < -0.3 is 9.64 Å². The molecule has 4 rings (SSSR count). The monoisotopic (exact) mass is 354 g/mol. The quantitative estimate of drug-likeness (QED) is 0.828. The maximum atomic E-state index is 12.4. The summed E-state index contributed by atoms with van der Waals surface area (Å²) in [5.74, 6) is 1.36. The van der Waals surface area contributed by atoms with E-state index in [2.05, 4.69) is 48.4 Å². The minimum Gasteiger partial charge on any atom is -0.368 e. The molecule has 1 aromatic carbocycles. The molecule has 1 unspecified atom stereocenters. The number of hydrogen-bond acceptors (Lipinski definition) is 4. The number of nitrogens with zero attached hydrogens (tertiary/aromatic N) is 4. The summed E-state index contributed by atoms with van der Waals surface area (Å²) in [6.45, 7) is 6.15. The van der Waals surface area contributed by atoms with E-state index in [4.69, 9.17) is 4.74 Å². The summed E-state index contributed by atoms with van der Waals surface area (Å²) in [5, 5.41) is 8.54. The molecule has 1 aromatic heterocycles. The van der Waals surface area contributed by atoms with Crippen LogP contribution in [-0.4, -0.2) is 45.5 Å². The molecule has 0 spiro atoms. The maximum Gasteiger partial charge on any atom is 0.223 e. The van der Waals surface area contributed by atoms with Crippen LogP contribution in [0, 0.1) is 5.92 Å². The number of aromatic nitrogens is 3. The standard InChI is InChI=1S/C20H26N4O2/c1-14(2)16-5-7-17(8-6-16)24-12-18(21-22-24)19-13-23(9-10-26-19)20(25)11-15-3-4-15/h5-8,12,14-15,19H,3-4,9-11,13H2,1-2H3. The molecule has 0 bridgehead atoms. The van der Waals surface area contributed by atoms with Crippen LogP contribution in [0.5, 0.6) is 0 Å². The lowest BCUT2D eigenvalue weighted by Crippen LogP contribution is -2.42. The summed E-state index contributed by atoms with van der Waals surface area (Å²) >= 11 is 0. The Balaban J connectivity index is 1.44. The van der Waals surface area contributed by atoms with Crippen molar-refractivity contribution < 1.29 is 9.53 Å². The first-order valence-electron chi connectivity index (χ1n) is 9.52. The van der Waals surface area contributed by atoms with Gasteiger partial charge in [-0.25, -0.2) is 4.68 Å². The zero-order valence-corrected chi connectivity index (χ0v) is 15.5. The molecule has 2 aliphatic rings. The largest absolute Gasteiger partial charge is 0.368 e. The number of hydrogen-bond donors (Lipinski definition) is 0. The summed E-state index contributed by atoms with van der Waals surface area (Å²) < 4.78 is 7.63. The second kappa shape index (κ2) is 7.19. The van der Waals surface area contributed by atoms with Crippen LogP contribution in [0.3, 0.4) is 0 Å². The molecule has 1 aliphatic carbocycles. The molecule has 2 fully saturated rings. The fraction of sp³-hybridized carbons (Fsp3) is 0.550. The number of ether oxygens (including phenoxy) is 1. The Morgan fingerprint density at radius 2 is 2.04 bits per heavy atom. The van der Waals surface area contributed by atoms with Crippen LogP contribution < -0.4 is 0 Å². The minimum absolute atomic E-state index is 0.199. The van der Waals surface area contributed by atoms with Crippen molar-refractivity contribution in [1.29, 1.82) is 0 Å². The second-order valence-electron chi connectivity index (χ2n) is 7.68. The lowest BCUT2D eigenvalue weighted by molar-refractivity contribution is -0.139. The molecule has 0 radical (unpaired) electrons. The smallest absolute Gasteiger partial charge is 0.223 e. The molecule has 2 heterocycles. The van der Waals surface area contributed by atoms with Gasteiger partial charge in [-0.1, -0.05) is 31.2 Å². The third-order valence-electron chi connectivity index (χ3n) is 5.24. The van der Waals surface area contributed by atoms with E-state index in [0.717, 1.165) is 11.4 Å². The molecule has 6 heteroatoms. The molecule has 26 heavy (non-hydrogen) atoms. The van der Waals surface area contributed by atoms with Crippen molar-refractivity contribution in [2.24, 2.45) is 5.92 Å². The Labute approximate surface area is 154 Å². The van der Waals surface area contributed by atoms with E-state index in [1.54, 1.807) is 4.68 Å². The van der Waals surface area contributed by atoms with Crippen LogP contribution in [0.15, 0.2) is 30.5 Å². The van der Waals surface area contributed by atoms with Crippen molar-refractivity contribution in [2.75, 3.05) is 19.7 Å². The van der Waals surface area contributed by atoms with Gasteiger partial charge in [0, 0.05) is 13.0 Å². The van der Waals surface area contributed by atoms with Crippen molar-refractivity contribution in [3.8, 4) is 5.69 Å². The van der Waals surface area contributed by atoms with Crippen molar-refractivity contribution in [2.45, 2.75) is 45.1 Å². The van der Waals surface area contributed by atoms with Crippen LogP contribution in [0.1, 0.15) is 56.4 Å². The van der Waals surface area contributed by atoms with Crippen LogP contribution in [-0.2, 0) is 9.53 Å². The molecule has 6 nitrogen and oxygen atoms in total. The average molecular weight is 354 g/mol. The van der Waals surface area contributed by atoms with Crippen molar-refractivity contribution in [3.05, 3.63) is 41.7 Å². The van der Waals surface area contributed by atoms with E-state index < -0.39 is 0 Å². The van der Waals surface area contributed by atoms with E-state index in [1.807, 2.05) is 11.1 Å². The molecule has 1 atom stereocenters. The van der Waals surface area contributed by atoms with Crippen LogP contribution in [0.25, 0.3) is 5.69 Å². The van der Waals surface area contributed by atoms with Crippen LogP contribution >= 0.6 is 0 Å². The van der Waals surface area contributed by atoms with Gasteiger partial charge in [-0.15, -0.1) is 5.10 Å². The molecular weight excluding hydrogens is 328 g/mol. The van der Waals surface area contributed by atoms with Crippen molar-refractivity contribution >= 4 is 5.91 Å². The molecule has 138 valence electrons. The first-order valence-corrected chi connectivity index (χ1v) is 9.52. The predicted octanol–water partition coefficient (Wildman–Crippen LogP) is 3.09. The summed E-state index contributed by atoms with van der Waals surface area (Å²) in [6, 6.07) is 8.36. The normalized spacial score (nSPS) is 20.6. The minimum atomic E-state index is -0.199. The van der Waals surface area contributed by atoms with E-state index in [1.165, 1.54) is 18.4 Å². The van der Waals surface area contributed by atoms with Crippen molar-refractivity contribution in [3.63, 3.8) is 0 Å². The van der Waals surface area contributed by atoms with E-state index in [-0.39, 0.29) is 12.0 Å². The molecule has 1 saturated carbocycles. The third kappa shape index (κ3) is 3.80. The average Bonchev–Trinajstić information content (AvgIpc) is 3.33. The number of amides is 1. The first-order chi connectivity index (χ1) is 12.6. The number of rotatable bonds is 5. The predicted molar refractivity (Wildman–Crippen MR) is 98.1 cm³/mol. The highest BCUT2D eigenvalue weighted by Crippen LogP contribution is 2.33. The highest BCUT2D eigenvalue weighted by molar-refractivity contribution is 5.76. The van der Waals surface area contributed by atoms with Gasteiger partial charge in [0.15, 0.2) is 0 Å². The Kier molecular flexibility index (Phi) is 4.76. The molecule has 2 aromatic rings. The second-order valence-corrected chi connectivity index (χ2v) is 7.68. The van der Waals surface area contributed by atoms with Crippen LogP contribution in [0.4, 0.5) is 0 Å². The molecular formula is C20H26N4O2. The Hall–Kier alpha value is -2.21. The fourth-order valence-corrected chi connectivity index (χ4v) is 3.32. The molecule has 1 amide bonds. The van der Waals surface area contributed by atoms with Gasteiger partial charge in [-0.3, -0.25) is 4.79 Å². The zero-order valence-electron chi connectivity index (χ0n) is 15.5. The molecule has 1 saturated heterocycles. The van der Waals surface area contributed by atoms with Gasteiger partial charge in [0.2, 0.25) is 5.91 Å². The molecule has 1 aliphatic heterocycles. The zero-order chi connectivity index (χ0) is 18.1. The van der Waals surface area contributed by atoms with Gasteiger partial charge in [-0.05, 0) is 42.4 Å². The lowest BCUT2D eigenvalue weighted by Gasteiger charge is -2.32. The first kappa shape index (κ1) is 17.2. The number of carbonyl (C=O) groups is 1. The topological polar surface area (TPSA) is 60.2 Å². The SMILES string of the molecule is CC(C)c1ccc(-n2cc(C3CN(C(=O)CC4CC4)CCO3)nn2)cc1. The van der Waals surface area contributed by atoms with Gasteiger partial charge in [0.1, 0.15) is 11.8 Å². The third-order valence-corrected chi connectivity index (χ3v) is 5.24. The Morgan fingerprint density at radius 3 is 2.73 bits per heavy atom.